The van der Waals surface area contributed by atoms with E-state index in [1.54, 1.807) is 11.3 Å². The zero-order chi connectivity index (χ0) is 13.7. The summed E-state index contributed by atoms with van der Waals surface area (Å²) in [6.45, 7) is 0. The number of hydrogen-bond donors (Lipinski definition) is 1. The van der Waals surface area contributed by atoms with Gasteiger partial charge in [0.15, 0.2) is 0 Å². The fourth-order valence-electron chi connectivity index (χ4n) is 2.23. The molecule has 1 aromatic heterocycles. The average Bonchev–Trinajstić information content (AvgIpc) is 2.93. The van der Waals surface area contributed by atoms with E-state index in [2.05, 4.69) is 65.4 Å². The number of nitrogens with zero attached hydrogens (tertiary/aromatic N) is 1. The molecule has 1 unspecified atom stereocenters. The molecule has 0 saturated carbocycles. The number of anilines is 1. The van der Waals surface area contributed by atoms with Gasteiger partial charge in [-0.1, -0.05) is 12.1 Å². The lowest BCUT2D eigenvalue weighted by Crippen LogP contribution is -2.17. The summed E-state index contributed by atoms with van der Waals surface area (Å²) in [6.07, 6.45) is 2.26. The summed E-state index contributed by atoms with van der Waals surface area (Å²) in [6, 6.07) is 11.5. The minimum absolute atomic E-state index is 0.427. The molecule has 1 aromatic carbocycles. The van der Waals surface area contributed by atoms with E-state index in [1.165, 1.54) is 16.8 Å². The zero-order valence-corrected chi connectivity index (χ0v) is 12.7. The van der Waals surface area contributed by atoms with E-state index in [1.807, 2.05) is 7.05 Å². The highest BCUT2D eigenvalue weighted by Gasteiger charge is 2.09. The Kier molecular flexibility index (Phi) is 5.00. The standard InChI is InChI=1S/C16H22N2S/c1-17-16(9-4-13-10-11-19-12-13)14-5-7-15(8-6-14)18(2)3/h5-8,10-12,16-17H,4,9H2,1-3H3. The van der Waals surface area contributed by atoms with Gasteiger partial charge in [0.2, 0.25) is 0 Å². The van der Waals surface area contributed by atoms with Gasteiger partial charge in [0.05, 0.1) is 0 Å². The van der Waals surface area contributed by atoms with Gasteiger partial charge >= 0.3 is 0 Å². The lowest BCUT2D eigenvalue weighted by molar-refractivity contribution is 0.549. The quantitative estimate of drug-likeness (QED) is 0.864. The topological polar surface area (TPSA) is 15.3 Å². The van der Waals surface area contributed by atoms with Gasteiger partial charge in [0.1, 0.15) is 0 Å². The van der Waals surface area contributed by atoms with E-state index in [4.69, 9.17) is 0 Å². The third-order valence-electron chi connectivity index (χ3n) is 3.46. The van der Waals surface area contributed by atoms with Crippen LogP contribution in [0.25, 0.3) is 0 Å². The first-order valence-electron chi connectivity index (χ1n) is 6.66. The molecular formula is C16H22N2S. The second kappa shape index (κ2) is 6.73. The highest BCUT2D eigenvalue weighted by atomic mass is 32.1. The normalized spacial score (nSPS) is 12.4. The average molecular weight is 274 g/mol. The van der Waals surface area contributed by atoms with Crippen LogP contribution < -0.4 is 10.2 Å². The molecule has 19 heavy (non-hydrogen) atoms. The maximum Gasteiger partial charge on any atom is 0.0361 e. The molecule has 2 aromatic rings. The second-order valence-electron chi connectivity index (χ2n) is 5.00. The molecule has 102 valence electrons. The largest absolute Gasteiger partial charge is 0.378 e. The number of nitrogens with one attached hydrogen (secondary N) is 1. The zero-order valence-electron chi connectivity index (χ0n) is 11.9. The first-order valence-corrected chi connectivity index (χ1v) is 7.60. The molecule has 1 atom stereocenters. The minimum Gasteiger partial charge on any atom is -0.378 e. The van der Waals surface area contributed by atoms with Crippen molar-refractivity contribution in [2.45, 2.75) is 18.9 Å². The summed E-state index contributed by atoms with van der Waals surface area (Å²) < 4.78 is 0. The van der Waals surface area contributed by atoms with E-state index >= 15 is 0 Å². The van der Waals surface area contributed by atoms with Gasteiger partial charge < -0.3 is 10.2 Å². The van der Waals surface area contributed by atoms with Crippen molar-refractivity contribution in [2.24, 2.45) is 0 Å². The molecule has 0 aliphatic heterocycles. The lowest BCUT2D eigenvalue weighted by Gasteiger charge is -2.18. The van der Waals surface area contributed by atoms with Crippen molar-refractivity contribution in [3.05, 3.63) is 52.2 Å². The Morgan fingerprint density at radius 1 is 1.16 bits per heavy atom. The van der Waals surface area contributed by atoms with Crippen LogP contribution in [0.5, 0.6) is 0 Å². The Bertz CT molecular complexity index is 474. The summed E-state index contributed by atoms with van der Waals surface area (Å²) in [5.74, 6) is 0. The third kappa shape index (κ3) is 3.82. The predicted octanol–water partition coefficient (Wildman–Crippen LogP) is 3.71. The fourth-order valence-corrected chi connectivity index (χ4v) is 2.93. The van der Waals surface area contributed by atoms with E-state index in [9.17, 15) is 0 Å². The van der Waals surface area contributed by atoms with E-state index in [-0.39, 0.29) is 0 Å². The van der Waals surface area contributed by atoms with Crippen LogP contribution in [0.2, 0.25) is 0 Å². The van der Waals surface area contributed by atoms with Crippen LogP contribution >= 0.6 is 11.3 Å². The maximum atomic E-state index is 3.42. The lowest BCUT2D eigenvalue weighted by atomic mass is 10.00. The Labute approximate surface area is 120 Å². The summed E-state index contributed by atoms with van der Waals surface area (Å²) >= 11 is 1.77. The fraction of sp³-hybridized carbons (Fsp3) is 0.375. The van der Waals surface area contributed by atoms with Crippen molar-refractivity contribution >= 4 is 17.0 Å². The Morgan fingerprint density at radius 2 is 1.89 bits per heavy atom. The van der Waals surface area contributed by atoms with Crippen molar-refractivity contribution in [1.29, 1.82) is 0 Å². The summed E-state index contributed by atoms with van der Waals surface area (Å²) in [7, 11) is 6.18. The Balaban J connectivity index is 2.00. The number of hydrogen-bond acceptors (Lipinski definition) is 3. The molecule has 0 aliphatic carbocycles. The van der Waals surface area contributed by atoms with Crippen LogP contribution in [-0.4, -0.2) is 21.1 Å². The molecule has 1 N–H and O–H groups in total. The van der Waals surface area contributed by atoms with Crippen molar-refractivity contribution in [3.63, 3.8) is 0 Å². The van der Waals surface area contributed by atoms with E-state index in [0.29, 0.717) is 6.04 Å². The molecule has 2 nitrogen and oxygen atoms in total. The van der Waals surface area contributed by atoms with Gasteiger partial charge in [-0.25, -0.2) is 0 Å². The number of aryl methyl sites for hydroxylation is 1. The summed E-state index contributed by atoms with van der Waals surface area (Å²) in [5.41, 5.74) is 4.05. The highest BCUT2D eigenvalue weighted by Crippen LogP contribution is 2.22. The second-order valence-corrected chi connectivity index (χ2v) is 5.78. The molecular weight excluding hydrogens is 252 g/mol. The maximum absolute atomic E-state index is 3.42. The smallest absolute Gasteiger partial charge is 0.0361 e. The minimum atomic E-state index is 0.427. The van der Waals surface area contributed by atoms with Gasteiger partial charge in [-0.05, 0) is 60.0 Å². The SMILES string of the molecule is CNC(CCc1ccsc1)c1ccc(N(C)C)cc1. The molecule has 0 bridgehead atoms. The first kappa shape index (κ1) is 14.1. The highest BCUT2D eigenvalue weighted by molar-refractivity contribution is 7.07. The summed E-state index contributed by atoms with van der Waals surface area (Å²) in [5, 5.41) is 7.81. The van der Waals surface area contributed by atoms with Crippen LogP contribution in [0.4, 0.5) is 5.69 Å². The molecule has 0 fully saturated rings. The number of thiophene rings is 1. The molecule has 0 spiro atoms. The molecule has 0 radical (unpaired) electrons. The number of rotatable bonds is 6. The van der Waals surface area contributed by atoms with Crippen LogP contribution in [0.1, 0.15) is 23.6 Å². The Morgan fingerprint density at radius 3 is 2.42 bits per heavy atom. The van der Waals surface area contributed by atoms with Crippen molar-refractivity contribution < 1.29 is 0 Å². The van der Waals surface area contributed by atoms with Gasteiger partial charge in [-0.2, -0.15) is 11.3 Å². The van der Waals surface area contributed by atoms with Gasteiger partial charge in [-0.15, -0.1) is 0 Å². The van der Waals surface area contributed by atoms with Crippen LogP contribution in [0.15, 0.2) is 41.1 Å². The third-order valence-corrected chi connectivity index (χ3v) is 4.19. The van der Waals surface area contributed by atoms with Gasteiger partial charge in [-0.3, -0.25) is 0 Å². The van der Waals surface area contributed by atoms with E-state index in [0.717, 1.165) is 12.8 Å². The monoisotopic (exact) mass is 274 g/mol. The van der Waals surface area contributed by atoms with Crippen molar-refractivity contribution in [1.82, 2.24) is 5.32 Å². The first-order chi connectivity index (χ1) is 9.20. The molecule has 1 heterocycles. The summed E-state index contributed by atoms with van der Waals surface area (Å²) in [4.78, 5) is 2.13. The van der Waals surface area contributed by atoms with Crippen LogP contribution in [0, 0.1) is 0 Å². The molecule has 0 saturated heterocycles. The van der Waals surface area contributed by atoms with E-state index < -0.39 is 0 Å². The predicted molar refractivity (Wildman–Crippen MR) is 85.2 cm³/mol. The van der Waals surface area contributed by atoms with Gasteiger partial charge in [0, 0.05) is 25.8 Å². The Hall–Kier alpha value is -1.32. The van der Waals surface area contributed by atoms with Crippen LogP contribution in [-0.2, 0) is 6.42 Å². The van der Waals surface area contributed by atoms with Crippen molar-refractivity contribution in [3.8, 4) is 0 Å². The molecule has 3 heteroatoms. The van der Waals surface area contributed by atoms with Crippen LogP contribution in [0.3, 0.4) is 0 Å². The molecule has 2 rings (SSSR count). The van der Waals surface area contributed by atoms with Crippen molar-refractivity contribution in [2.75, 3.05) is 26.0 Å². The van der Waals surface area contributed by atoms with Gasteiger partial charge in [0.25, 0.3) is 0 Å². The molecule has 0 aliphatic rings. The molecule has 0 amide bonds. The number of benzene rings is 1.